The molecule has 1 rings (SSSR count). The van der Waals surface area contributed by atoms with Crippen molar-refractivity contribution < 1.29 is 53.9 Å². The van der Waals surface area contributed by atoms with Crippen LogP contribution in [0.25, 0.3) is 0 Å². The highest BCUT2D eigenvalue weighted by atomic mass is 31.2. The Morgan fingerprint density at radius 3 is 1.25 bits per heavy atom. The third-order valence-corrected chi connectivity index (χ3v) is 13.3. The molecule has 1 saturated carbocycles. The van der Waals surface area contributed by atoms with E-state index in [1.165, 1.54) is 167 Å². The number of phosphoric ester groups is 1. The number of phosphoric acid groups is 1. The molecule has 1 fully saturated rings. The maximum atomic E-state index is 13.0. The second-order valence-corrected chi connectivity index (χ2v) is 19.4. The summed E-state index contributed by atoms with van der Waals surface area (Å²) in [6.45, 7) is 3.85. The maximum absolute atomic E-state index is 13.0. The molecule has 13 heteroatoms. The van der Waals surface area contributed by atoms with Crippen LogP contribution >= 0.6 is 7.82 Å². The number of unbranched alkanes of at least 4 members (excludes halogenated alkanes) is 31. The molecule has 0 bridgehead atoms. The van der Waals surface area contributed by atoms with Gasteiger partial charge in [0.15, 0.2) is 0 Å². The standard InChI is InChI=1S/C48H94NO11P/c1-3-5-7-9-11-13-15-17-18-19-20-21-22-23-24-26-28-30-32-34-36-38-42(51)49-40(41(50)37-35-33-31-29-27-25-16-14-12-10-8-6-4-2)39-59-61(57,58)60-48-46(55)44(53)43(52)45(54)47(48)56/h35,37,40-41,43-48,50,52-56H,3-34,36,38-39H2,1-2H3,(H,49,51)(H,57,58)/b37-35+/t40-,41+,43?,44+,45?,46?,47?,48?/m0/s1. The van der Waals surface area contributed by atoms with E-state index >= 15 is 0 Å². The predicted octanol–water partition coefficient (Wildman–Crippen LogP) is 10.0. The Morgan fingerprint density at radius 1 is 0.541 bits per heavy atom. The number of nitrogens with one attached hydrogen (secondary N) is 1. The lowest BCUT2D eigenvalue weighted by atomic mass is 9.85. The van der Waals surface area contributed by atoms with E-state index in [4.69, 9.17) is 9.05 Å². The minimum Gasteiger partial charge on any atom is -0.387 e. The lowest BCUT2D eigenvalue weighted by Gasteiger charge is -2.41. The number of hydrogen-bond acceptors (Lipinski definition) is 10. The monoisotopic (exact) mass is 892 g/mol. The van der Waals surface area contributed by atoms with Crippen molar-refractivity contribution in [3.8, 4) is 0 Å². The molecule has 0 saturated heterocycles. The van der Waals surface area contributed by atoms with E-state index in [-0.39, 0.29) is 12.3 Å². The summed E-state index contributed by atoms with van der Waals surface area (Å²) in [4.78, 5) is 23.4. The van der Waals surface area contributed by atoms with Crippen LogP contribution in [0.15, 0.2) is 12.2 Å². The SMILES string of the molecule is CCCCCCCCCCCCC/C=C/[C@@H](O)[C@H](COP(=O)(O)OC1C(O)C(O)C(O)[C@@H](O)C1O)NC(=O)CCCCCCCCCCCCCCCCCCCCCCC. The smallest absolute Gasteiger partial charge is 0.387 e. The molecule has 0 aromatic rings. The molecule has 6 unspecified atom stereocenters. The molecule has 0 aliphatic heterocycles. The molecular formula is C48H94NO11P. The number of aliphatic hydroxyl groups is 6. The molecule has 1 aliphatic rings. The van der Waals surface area contributed by atoms with Crippen LogP contribution in [0.2, 0.25) is 0 Å². The molecule has 8 N–H and O–H groups in total. The Bertz CT molecular complexity index is 1080. The van der Waals surface area contributed by atoms with Crippen LogP contribution in [0.5, 0.6) is 0 Å². The Hall–Kier alpha value is -0.920. The Balaban J connectivity index is 2.40. The van der Waals surface area contributed by atoms with Gasteiger partial charge in [-0.15, -0.1) is 0 Å². The summed E-state index contributed by atoms with van der Waals surface area (Å²) in [6.07, 6.45) is 31.4. The highest BCUT2D eigenvalue weighted by Crippen LogP contribution is 2.47. The summed E-state index contributed by atoms with van der Waals surface area (Å²) in [6, 6.07) is -1.11. The quantitative estimate of drug-likeness (QED) is 0.0164. The van der Waals surface area contributed by atoms with Gasteiger partial charge in [0.2, 0.25) is 5.91 Å². The lowest BCUT2D eigenvalue weighted by molar-refractivity contribution is -0.220. The second-order valence-electron chi connectivity index (χ2n) is 18.0. The third kappa shape index (κ3) is 30.0. The summed E-state index contributed by atoms with van der Waals surface area (Å²) in [5.74, 6) is -0.337. The van der Waals surface area contributed by atoms with Gasteiger partial charge in [-0.25, -0.2) is 4.57 Å². The van der Waals surface area contributed by atoms with Gasteiger partial charge in [0.1, 0.15) is 36.6 Å². The lowest BCUT2D eigenvalue weighted by Crippen LogP contribution is -2.64. The van der Waals surface area contributed by atoms with Crippen molar-refractivity contribution in [2.75, 3.05) is 6.61 Å². The molecule has 1 amide bonds. The minimum atomic E-state index is -5.08. The molecule has 1 aliphatic carbocycles. The van der Waals surface area contributed by atoms with Gasteiger partial charge in [0.05, 0.1) is 18.8 Å². The zero-order valence-corrected chi connectivity index (χ0v) is 39.6. The van der Waals surface area contributed by atoms with Crippen molar-refractivity contribution in [3.05, 3.63) is 12.2 Å². The number of rotatable bonds is 42. The van der Waals surface area contributed by atoms with Gasteiger partial charge in [-0.2, -0.15) is 0 Å². The van der Waals surface area contributed by atoms with Crippen LogP contribution in [0.1, 0.15) is 232 Å². The number of allylic oxidation sites excluding steroid dienone is 1. The van der Waals surface area contributed by atoms with Gasteiger partial charge in [0.25, 0.3) is 0 Å². The van der Waals surface area contributed by atoms with Crippen molar-refractivity contribution in [2.45, 2.75) is 281 Å². The molecule has 12 nitrogen and oxygen atoms in total. The van der Waals surface area contributed by atoms with Crippen molar-refractivity contribution in [1.29, 1.82) is 0 Å². The van der Waals surface area contributed by atoms with Gasteiger partial charge in [-0.05, 0) is 19.3 Å². The van der Waals surface area contributed by atoms with E-state index in [0.717, 1.165) is 44.9 Å². The number of aliphatic hydroxyl groups excluding tert-OH is 6. The molecule has 362 valence electrons. The average molecular weight is 892 g/mol. The molecule has 9 atom stereocenters. The number of carbonyl (C=O) groups is 1. The fourth-order valence-corrected chi connectivity index (χ4v) is 9.17. The molecular weight excluding hydrogens is 797 g/mol. The summed E-state index contributed by atoms with van der Waals surface area (Å²) >= 11 is 0. The van der Waals surface area contributed by atoms with Gasteiger partial charge in [-0.3, -0.25) is 13.8 Å². The van der Waals surface area contributed by atoms with Crippen molar-refractivity contribution >= 4 is 13.7 Å². The number of hydrogen-bond donors (Lipinski definition) is 8. The predicted molar refractivity (Wildman–Crippen MR) is 246 cm³/mol. The van der Waals surface area contributed by atoms with E-state index < -0.39 is 63.2 Å². The fourth-order valence-electron chi connectivity index (χ4n) is 8.20. The molecule has 0 heterocycles. The van der Waals surface area contributed by atoms with Crippen molar-refractivity contribution in [2.24, 2.45) is 0 Å². The van der Waals surface area contributed by atoms with Crippen LogP contribution in [0.3, 0.4) is 0 Å². The molecule has 0 aromatic carbocycles. The van der Waals surface area contributed by atoms with Gasteiger partial charge in [-0.1, -0.05) is 219 Å². The summed E-state index contributed by atoms with van der Waals surface area (Å²) in [5.41, 5.74) is 0. The topological polar surface area (TPSA) is 206 Å². The molecule has 61 heavy (non-hydrogen) atoms. The summed E-state index contributed by atoms with van der Waals surface area (Å²) in [5, 5.41) is 64.0. The highest BCUT2D eigenvalue weighted by molar-refractivity contribution is 7.47. The zero-order chi connectivity index (χ0) is 45.0. The molecule has 0 aromatic heterocycles. The Kier molecular flexibility index (Phi) is 36.5. The third-order valence-electron chi connectivity index (χ3n) is 12.3. The van der Waals surface area contributed by atoms with Crippen LogP contribution in [-0.4, -0.2) is 96.8 Å². The summed E-state index contributed by atoms with van der Waals surface area (Å²) in [7, 11) is -5.08. The van der Waals surface area contributed by atoms with E-state index in [1.54, 1.807) is 0 Å². The van der Waals surface area contributed by atoms with Gasteiger partial charge in [0, 0.05) is 6.42 Å². The fraction of sp³-hybridized carbons (Fsp3) is 0.938. The van der Waals surface area contributed by atoms with Crippen molar-refractivity contribution in [3.63, 3.8) is 0 Å². The molecule has 0 spiro atoms. The van der Waals surface area contributed by atoms with E-state index in [1.807, 2.05) is 6.08 Å². The first-order valence-corrected chi connectivity index (χ1v) is 26.6. The second kappa shape index (κ2) is 38.4. The summed E-state index contributed by atoms with van der Waals surface area (Å²) < 4.78 is 22.9. The number of amides is 1. The van der Waals surface area contributed by atoms with E-state index in [2.05, 4.69) is 19.2 Å². The zero-order valence-electron chi connectivity index (χ0n) is 38.7. The van der Waals surface area contributed by atoms with Crippen LogP contribution in [0.4, 0.5) is 0 Å². The van der Waals surface area contributed by atoms with Crippen molar-refractivity contribution in [1.82, 2.24) is 5.32 Å². The normalized spacial score (nSPS) is 22.7. The van der Waals surface area contributed by atoms with E-state index in [9.17, 15) is 44.9 Å². The first-order chi connectivity index (χ1) is 29.4. The van der Waals surface area contributed by atoms with Crippen LogP contribution < -0.4 is 5.32 Å². The average Bonchev–Trinajstić information content (AvgIpc) is 3.24. The highest BCUT2D eigenvalue weighted by Gasteiger charge is 2.51. The van der Waals surface area contributed by atoms with Crippen LogP contribution in [0, 0.1) is 0 Å². The van der Waals surface area contributed by atoms with Gasteiger partial charge >= 0.3 is 7.82 Å². The maximum Gasteiger partial charge on any atom is 0.472 e. The van der Waals surface area contributed by atoms with Gasteiger partial charge < -0.3 is 40.8 Å². The first-order valence-electron chi connectivity index (χ1n) is 25.1. The largest absolute Gasteiger partial charge is 0.472 e. The van der Waals surface area contributed by atoms with E-state index in [0.29, 0.717) is 6.42 Å². The minimum absolute atomic E-state index is 0.219. The molecule has 0 radical (unpaired) electrons. The first kappa shape index (κ1) is 58.1. The van der Waals surface area contributed by atoms with Crippen LogP contribution in [-0.2, 0) is 18.4 Å². The number of carbonyl (C=O) groups excluding carboxylic acids is 1. The Labute approximate surface area is 371 Å². The Morgan fingerprint density at radius 2 is 0.869 bits per heavy atom.